The lowest BCUT2D eigenvalue weighted by Crippen LogP contribution is -2.61. The first-order valence-corrected chi connectivity index (χ1v) is 17.6. The molecule has 3 fully saturated rings. The summed E-state index contributed by atoms with van der Waals surface area (Å²) in [6.45, 7) is 2.22. The van der Waals surface area contributed by atoms with Crippen LogP contribution < -0.4 is 5.32 Å². The van der Waals surface area contributed by atoms with Crippen LogP contribution in [0.15, 0.2) is 48.5 Å². The van der Waals surface area contributed by atoms with Gasteiger partial charge in [-0.05, 0) is 74.4 Å². The van der Waals surface area contributed by atoms with Gasteiger partial charge in [0.15, 0.2) is 0 Å². The van der Waals surface area contributed by atoms with Gasteiger partial charge in [0, 0.05) is 60.1 Å². The molecule has 0 radical (unpaired) electrons. The molecule has 4 heterocycles. The molecule has 0 bridgehead atoms. The number of benzene rings is 2. The zero-order valence-electron chi connectivity index (χ0n) is 26.2. The SMILES string of the molecule is CC(=O)N1CC[C@H]2CC[C@@H](C(=O)N3CCCC3Cc3cccc(Cl)c3)N2C(=O)[C@@H](NC(=O)c2cc3cc(C(F)(F)P(O)O)ccc3[nH]2)C1. The van der Waals surface area contributed by atoms with Gasteiger partial charge >= 0.3 is 5.66 Å². The normalized spacial score (nSPS) is 23.4. The number of fused-ring (bicyclic) bond motifs is 2. The van der Waals surface area contributed by atoms with Crippen LogP contribution in [0.5, 0.6) is 0 Å². The van der Waals surface area contributed by atoms with E-state index < -0.39 is 43.5 Å². The highest BCUT2D eigenvalue weighted by atomic mass is 35.5. The second-order valence-electron chi connectivity index (χ2n) is 12.7. The third-order valence-corrected chi connectivity index (χ3v) is 10.7. The first-order valence-electron chi connectivity index (χ1n) is 16.0. The molecule has 0 aliphatic carbocycles. The van der Waals surface area contributed by atoms with Crippen molar-refractivity contribution in [3.05, 3.63) is 70.4 Å². The summed E-state index contributed by atoms with van der Waals surface area (Å²) in [5.41, 5.74) is -3.13. The highest BCUT2D eigenvalue weighted by Gasteiger charge is 2.47. The molecule has 3 aliphatic heterocycles. The van der Waals surface area contributed by atoms with E-state index in [0.717, 1.165) is 30.5 Å². The van der Waals surface area contributed by atoms with Crippen LogP contribution >= 0.6 is 20.0 Å². The number of amides is 4. The minimum Gasteiger partial charge on any atom is -0.351 e. The number of carbonyl (C=O) groups excluding carboxylic acids is 4. The molecule has 1 aromatic heterocycles. The van der Waals surface area contributed by atoms with E-state index in [4.69, 9.17) is 11.6 Å². The fourth-order valence-corrected chi connectivity index (χ4v) is 7.85. The van der Waals surface area contributed by atoms with Crippen LogP contribution in [-0.2, 0) is 26.5 Å². The number of alkyl halides is 2. The Morgan fingerprint density at radius 1 is 1.06 bits per heavy atom. The smallest absolute Gasteiger partial charge is 0.339 e. The molecule has 6 rings (SSSR count). The van der Waals surface area contributed by atoms with E-state index >= 15 is 0 Å². The maximum Gasteiger partial charge on any atom is 0.339 e. The summed E-state index contributed by atoms with van der Waals surface area (Å²) in [4.78, 5) is 80.7. The van der Waals surface area contributed by atoms with Crippen LogP contribution in [0.3, 0.4) is 0 Å². The minimum atomic E-state index is -3.87. The maximum absolute atomic E-state index is 14.3. The van der Waals surface area contributed by atoms with Crippen LogP contribution in [0.2, 0.25) is 5.02 Å². The summed E-state index contributed by atoms with van der Waals surface area (Å²) in [5, 5.41) is 3.59. The van der Waals surface area contributed by atoms with E-state index in [9.17, 15) is 37.7 Å². The van der Waals surface area contributed by atoms with Crippen molar-refractivity contribution in [1.82, 2.24) is 25.0 Å². The van der Waals surface area contributed by atoms with E-state index in [-0.39, 0.29) is 41.5 Å². The van der Waals surface area contributed by atoms with Crippen molar-refractivity contribution in [2.24, 2.45) is 0 Å². The van der Waals surface area contributed by atoms with Crippen molar-refractivity contribution >= 4 is 54.5 Å². The number of rotatable bonds is 7. The van der Waals surface area contributed by atoms with Crippen molar-refractivity contribution < 1.29 is 37.7 Å². The first kappa shape index (κ1) is 34.2. The van der Waals surface area contributed by atoms with Crippen molar-refractivity contribution in [3.8, 4) is 0 Å². The third-order valence-electron chi connectivity index (χ3n) is 9.71. The Labute approximate surface area is 282 Å². The molecule has 2 aromatic carbocycles. The number of carbonyl (C=O) groups is 4. The summed E-state index contributed by atoms with van der Waals surface area (Å²) in [7, 11) is -3.57. The van der Waals surface area contributed by atoms with Gasteiger partial charge < -0.3 is 34.8 Å². The largest absolute Gasteiger partial charge is 0.351 e. The third kappa shape index (κ3) is 6.78. The Balaban J connectivity index is 1.23. The van der Waals surface area contributed by atoms with Gasteiger partial charge in [-0.3, -0.25) is 19.2 Å². The fraction of sp³-hybridized carbons (Fsp3) is 0.455. The van der Waals surface area contributed by atoms with Gasteiger partial charge in [0.05, 0.1) is 0 Å². The van der Waals surface area contributed by atoms with Crippen LogP contribution in [0, 0.1) is 0 Å². The molecule has 0 spiro atoms. The number of nitrogens with zero attached hydrogens (tertiary/aromatic N) is 3. The summed E-state index contributed by atoms with van der Waals surface area (Å²) < 4.78 is 28.5. The van der Waals surface area contributed by atoms with Crippen molar-refractivity contribution in [1.29, 1.82) is 0 Å². The first-order chi connectivity index (χ1) is 22.8. The number of nitrogens with one attached hydrogen (secondary N) is 2. The van der Waals surface area contributed by atoms with Crippen LogP contribution in [0.1, 0.15) is 60.6 Å². The maximum atomic E-state index is 14.3. The average Bonchev–Trinajstić information content (AvgIpc) is 3.79. The zero-order valence-corrected chi connectivity index (χ0v) is 27.9. The molecule has 3 aliphatic rings. The monoisotopic (exact) mass is 703 g/mol. The van der Waals surface area contributed by atoms with Crippen molar-refractivity contribution in [2.75, 3.05) is 19.6 Å². The van der Waals surface area contributed by atoms with Crippen LogP contribution in [0.25, 0.3) is 10.9 Å². The number of hydrogen-bond acceptors (Lipinski definition) is 6. The highest BCUT2D eigenvalue weighted by Crippen LogP contribution is 2.52. The second kappa shape index (κ2) is 13.7. The Hall–Kier alpha value is -3.64. The molecule has 15 heteroatoms. The molecule has 48 heavy (non-hydrogen) atoms. The molecule has 4 atom stereocenters. The van der Waals surface area contributed by atoms with Crippen LogP contribution in [0.4, 0.5) is 8.78 Å². The van der Waals surface area contributed by atoms with Crippen molar-refractivity contribution in [2.45, 2.75) is 75.3 Å². The average molecular weight is 704 g/mol. The summed E-state index contributed by atoms with van der Waals surface area (Å²) >= 11 is 6.20. The lowest BCUT2D eigenvalue weighted by atomic mass is 10.0. The lowest BCUT2D eigenvalue weighted by molar-refractivity contribution is -0.149. The Morgan fingerprint density at radius 3 is 2.58 bits per heavy atom. The standard InChI is InChI=1S/C33H37ClF2N5O6P/c1-19(42)39-13-11-24-8-10-29(32(45)40-12-3-6-25(40)15-20-4-2-5-23(34)14-20)41(24)31(44)28(18-39)38-30(43)27-17-21-16-22(7-9-26(21)37-27)33(35,36)48(46)47/h2,4-5,7,9,14,16-17,24-25,28-29,37,46-47H,3,6,8,10-13,15,18H2,1H3,(H,38,43)/t24-,25?,28+,29+/m1/s1. The number of aromatic nitrogens is 1. The molecule has 11 nitrogen and oxygen atoms in total. The molecule has 3 saturated heterocycles. The number of likely N-dealkylation sites (tertiary alicyclic amines) is 1. The minimum absolute atomic E-state index is 0.0171. The molecule has 4 amide bonds. The van der Waals surface area contributed by atoms with E-state index in [0.29, 0.717) is 49.3 Å². The van der Waals surface area contributed by atoms with Gasteiger partial charge in [-0.1, -0.05) is 29.8 Å². The van der Waals surface area contributed by atoms with Crippen LogP contribution in [-0.4, -0.2) is 96.9 Å². The summed E-state index contributed by atoms with van der Waals surface area (Å²) in [6, 6.07) is 10.1. The molecule has 4 N–H and O–H groups in total. The fourth-order valence-electron chi connectivity index (χ4n) is 7.27. The number of hydrogen-bond donors (Lipinski definition) is 4. The molecule has 3 aromatic rings. The molecular formula is C33H37ClF2N5O6P. The van der Waals surface area contributed by atoms with Gasteiger partial charge in [0.1, 0.15) is 17.8 Å². The van der Waals surface area contributed by atoms with Gasteiger partial charge in [0.2, 0.25) is 26.1 Å². The number of aromatic amines is 1. The molecule has 1 unspecified atom stereocenters. The predicted octanol–water partition coefficient (Wildman–Crippen LogP) is 4.11. The lowest BCUT2D eigenvalue weighted by Gasteiger charge is -2.39. The van der Waals surface area contributed by atoms with E-state index in [2.05, 4.69) is 10.3 Å². The Bertz CT molecular complexity index is 1740. The quantitative estimate of drug-likeness (QED) is 0.273. The van der Waals surface area contributed by atoms with Gasteiger partial charge in [-0.15, -0.1) is 0 Å². The second-order valence-corrected chi connectivity index (χ2v) is 14.3. The highest BCUT2D eigenvalue weighted by molar-refractivity contribution is 7.46. The summed E-state index contributed by atoms with van der Waals surface area (Å²) in [6.07, 6.45) is 3.88. The predicted molar refractivity (Wildman–Crippen MR) is 175 cm³/mol. The van der Waals surface area contributed by atoms with Gasteiger partial charge in [0.25, 0.3) is 5.91 Å². The van der Waals surface area contributed by atoms with E-state index in [1.54, 1.807) is 11.0 Å². The Morgan fingerprint density at radius 2 is 1.85 bits per heavy atom. The van der Waals surface area contributed by atoms with E-state index in [1.807, 2.05) is 23.1 Å². The van der Waals surface area contributed by atoms with Gasteiger partial charge in [-0.2, -0.15) is 8.78 Å². The molecule has 256 valence electrons. The molecular weight excluding hydrogens is 667 g/mol. The number of H-pyrrole nitrogens is 1. The van der Waals surface area contributed by atoms with Crippen molar-refractivity contribution in [3.63, 3.8) is 0 Å². The summed E-state index contributed by atoms with van der Waals surface area (Å²) in [5.74, 6) is -1.54. The Kier molecular flexibility index (Phi) is 9.77. The zero-order chi connectivity index (χ0) is 34.3. The number of halogens is 3. The van der Waals surface area contributed by atoms with Gasteiger partial charge in [-0.25, -0.2) is 0 Å². The van der Waals surface area contributed by atoms with E-state index in [1.165, 1.54) is 24.0 Å². The topological polar surface area (TPSA) is 146 Å². The molecule has 0 saturated carbocycles.